The summed E-state index contributed by atoms with van der Waals surface area (Å²) in [6.07, 6.45) is 0. The lowest BCUT2D eigenvalue weighted by Crippen LogP contribution is -2.41. The first-order chi connectivity index (χ1) is 18.0. The molecule has 0 saturated carbocycles. The number of hydrogen-bond acceptors (Lipinski definition) is 3. The Morgan fingerprint density at radius 3 is 1.87 bits per heavy atom. The zero-order valence-corrected chi connectivity index (χ0v) is 23.7. The highest BCUT2D eigenvalue weighted by molar-refractivity contribution is 6.62. The molecular formula is C34H38BNO2. The van der Waals surface area contributed by atoms with Gasteiger partial charge in [-0.05, 0) is 80.0 Å². The van der Waals surface area contributed by atoms with Crippen LogP contribution in [0, 0.1) is 0 Å². The lowest BCUT2D eigenvalue weighted by molar-refractivity contribution is 0.00578. The average molecular weight is 503 g/mol. The monoisotopic (exact) mass is 503 g/mol. The number of nitrogens with zero attached hydrogens (tertiary/aromatic N) is 1. The molecule has 3 nitrogen and oxygen atoms in total. The van der Waals surface area contributed by atoms with Crippen molar-refractivity contribution in [1.82, 2.24) is 0 Å². The molecule has 4 aromatic rings. The summed E-state index contributed by atoms with van der Waals surface area (Å²) >= 11 is 0. The first-order valence-corrected chi connectivity index (χ1v) is 13.5. The second-order valence-electron chi connectivity index (χ2n) is 12.2. The Labute approximate surface area is 228 Å². The van der Waals surface area contributed by atoms with E-state index in [9.17, 15) is 0 Å². The SMILES string of the molecule is CC(C)(C)c1cccc(N(c2ccc(B3OC(C)(C)C(C)(C)O3)cc2)c2ccccc2-c2ccccc2)c1. The van der Waals surface area contributed by atoms with Crippen LogP contribution >= 0.6 is 0 Å². The average Bonchev–Trinajstić information content (AvgIpc) is 3.12. The van der Waals surface area contributed by atoms with Crippen molar-refractivity contribution in [1.29, 1.82) is 0 Å². The summed E-state index contributed by atoms with van der Waals surface area (Å²) < 4.78 is 12.6. The highest BCUT2D eigenvalue weighted by atomic mass is 16.7. The molecular weight excluding hydrogens is 465 g/mol. The van der Waals surface area contributed by atoms with Gasteiger partial charge in [0.05, 0.1) is 16.9 Å². The lowest BCUT2D eigenvalue weighted by atomic mass is 9.79. The Hall–Kier alpha value is -3.34. The van der Waals surface area contributed by atoms with E-state index in [0.29, 0.717) is 0 Å². The summed E-state index contributed by atoms with van der Waals surface area (Å²) in [5.74, 6) is 0. The van der Waals surface area contributed by atoms with E-state index < -0.39 is 0 Å². The molecule has 0 unspecified atom stereocenters. The molecule has 5 rings (SSSR count). The summed E-state index contributed by atoms with van der Waals surface area (Å²) in [6, 6.07) is 36.7. The third-order valence-corrected chi connectivity index (χ3v) is 7.88. The smallest absolute Gasteiger partial charge is 0.399 e. The molecule has 194 valence electrons. The van der Waals surface area contributed by atoms with Crippen LogP contribution in [-0.2, 0) is 14.7 Å². The standard InChI is InChI=1S/C34H38BNO2/c1-32(2,3)26-16-13-17-29(24-26)36(31-19-12-11-18-30(31)25-14-9-8-10-15-25)28-22-20-27(21-23-28)35-37-33(4,5)34(6,7)38-35/h8-24H,1-7H3. The number of anilines is 3. The van der Waals surface area contributed by atoms with E-state index >= 15 is 0 Å². The fraction of sp³-hybridized carbons (Fsp3) is 0.294. The largest absolute Gasteiger partial charge is 0.494 e. The van der Waals surface area contributed by atoms with Crippen LogP contribution in [0.25, 0.3) is 11.1 Å². The number of benzene rings is 4. The van der Waals surface area contributed by atoms with Crippen molar-refractivity contribution in [2.45, 2.75) is 65.1 Å². The van der Waals surface area contributed by atoms with E-state index in [1.165, 1.54) is 16.7 Å². The van der Waals surface area contributed by atoms with Crippen LogP contribution < -0.4 is 10.4 Å². The Balaban J connectivity index is 1.61. The predicted octanol–water partition coefficient (Wildman–Crippen LogP) is 8.42. The van der Waals surface area contributed by atoms with Gasteiger partial charge >= 0.3 is 7.12 Å². The molecule has 1 saturated heterocycles. The van der Waals surface area contributed by atoms with Crippen molar-refractivity contribution in [3.8, 4) is 11.1 Å². The third-order valence-electron chi connectivity index (χ3n) is 7.88. The van der Waals surface area contributed by atoms with Gasteiger partial charge in [0.2, 0.25) is 0 Å². The van der Waals surface area contributed by atoms with Crippen LogP contribution in [0.4, 0.5) is 17.1 Å². The summed E-state index contributed by atoms with van der Waals surface area (Å²) in [5, 5.41) is 0. The van der Waals surface area contributed by atoms with Crippen LogP contribution in [0.1, 0.15) is 54.0 Å². The Kier molecular flexibility index (Phi) is 6.75. The maximum absolute atomic E-state index is 6.31. The van der Waals surface area contributed by atoms with Gasteiger partial charge in [0.25, 0.3) is 0 Å². The molecule has 0 amide bonds. The minimum Gasteiger partial charge on any atom is -0.399 e. The van der Waals surface area contributed by atoms with E-state index in [0.717, 1.165) is 22.5 Å². The molecule has 1 aliphatic rings. The van der Waals surface area contributed by atoms with Crippen LogP contribution in [0.2, 0.25) is 0 Å². The number of para-hydroxylation sites is 1. The second-order valence-corrected chi connectivity index (χ2v) is 12.2. The van der Waals surface area contributed by atoms with Crippen molar-refractivity contribution >= 4 is 29.6 Å². The van der Waals surface area contributed by atoms with Crippen molar-refractivity contribution in [3.05, 3.63) is 109 Å². The van der Waals surface area contributed by atoms with E-state index in [2.05, 4.69) is 156 Å². The fourth-order valence-corrected chi connectivity index (χ4v) is 4.83. The summed E-state index contributed by atoms with van der Waals surface area (Å²) in [7, 11) is -0.386. The van der Waals surface area contributed by atoms with E-state index in [4.69, 9.17) is 9.31 Å². The van der Waals surface area contributed by atoms with Gasteiger partial charge in [0.15, 0.2) is 0 Å². The fourth-order valence-electron chi connectivity index (χ4n) is 4.83. The summed E-state index contributed by atoms with van der Waals surface area (Å²) in [6.45, 7) is 15.1. The maximum atomic E-state index is 6.31. The van der Waals surface area contributed by atoms with Gasteiger partial charge in [0, 0.05) is 16.9 Å². The summed E-state index contributed by atoms with van der Waals surface area (Å²) in [5.41, 5.74) is 7.34. The molecule has 0 aromatic heterocycles. The molecule has 0 N–H and O–H groups in total. The first-order valence-electron chi connectivity index (χ1n) is 13.5. The molecule has 1 fully saturated rings. The predicted molar refractivity (Wildman–Crippen MR) is 161 cm³/mol. The first kappa shape index (κ1) is 26.3. The molecule has 0 atom stereocenters. The zero-order valence-electron chi connectivity index (χ0n) is 23.7. The van der Waals surface area contributed by atoms with Gasteiger partial charge in [-0.15, -0.1) is 0 Å². The molecule has 0 radical (unpaired) electrons. The second kappa shape index (κ2) is 9.76. The zero-order chi connectivity index (χ0) is 27.1. The molecule has 0 bridgehead atoms. The van der Waals surface area contributed by atoms with Crippen molar-refractivity contribution in [2.75, 3.05) is 4.90 Å². The molecule has 1 heterocycles. The molecule has 0 aliphatic carbocycles. The van der Waals surface area contributed by atoms with E-state index in [1.54, 1.807) is 0 Å². The molecule has 1 aliphatic heterocycles. The highest BCUT2D eigenvalue weighted by Gasteiger charge is 2.51. The van der Waals surface area contributed by atoms with Gasteiger partial charge in [-0.3, -0.25) is 0 Å². The highest BCUT2D eigenvalue weighted by Crippen LogP contribution is 2.42. The third kappa shape index (κ3) is 5.03. The van der Waals surface area contributed by atoms with Gasteiger partial charge in [0.1, 0.15) is 0 Å². The van der Waals surface area contributed by atoms with Crippen molar-refractivity contribution < 1.29 is 9.31 Å². The minimum atomic E-state index is -0.386. The van der Waals surface area contributed by atoms with Gasteiger partial charge in [-0.25, -0.2) is 0 Å². The maximum Gasteiger partial charge on any atom is 0.494 e. The topological polar surface area (TPSA) is 21.7 Å². The van der Waals surface area contributed by atoms with Gasteiger partial charge in [-0.2, -0.15) is 0 Å². The van der Waals surface area contributed by atoms with Crippen molar-refractivity contribution in [2.24, 2.45) is 0 Å². The number of rotatable bonds is 5. The van der Waals surface area contributed by atoms with E-state index in [1.807, 2.05) is 0 Å². The Bertz CT molecular complexity index is 1390. The normalized spacial score (nSPS) is 16.4. The van der Waals surface area contributed by atoms with E-state index in [-0.39, 0.29) is 23.7 Å². The Morgan fingerprint density at radius 1 is 0.632 bits per heavy atom. The van der Waals surface area contributed by atoms with Crippen LogP contribution in [0.15, 0.2) is 103 Å². The molecule has 4 aromatic carbocycles. The van der Waals surface area contributed by atoms with Gasteiger partial charge in [-0.1, -0.05) is 93.6 Å². The molecule has 4 heteroatoms. The van der Waals surface area contributed by atoms with Crippen LogP contribution in [-0.4, -0.2) is 18.3 Å². The van der Waals surface area contributed by atoms with Crippen molar-refractivity contribution in [3.63, 3.8) is 0 Å². The lowest BCUT2D eigenvalue weighted by Gasteiger charge is -2.32. The quantitative estimate of drug-likeness (QED) is 0.255. The number of hydrogen-bond donors (Lipinski definition) is 0. The van der Waals surface area contributed by atoms with Gasteiger partial charge < -0.3 is 14.2 Å². The van der Waals surface area contributed by atoms with Crippen LogP contribution in [0.5, 0.6) is 0 Å². The Morgan fingerprint density at radius 2 is 1.24 bits per heavy atom. The van der Waals surface area contributed by atoms with Crippen LogP contribution in [0.3, 0.4) is 0 Å². The molecule has 0 spiro atoms. The molecule has 38 heavy (non-hydrogen) atoms. The minimum absolute atomic E-state index is 0.0429. The summed E-state index contributed by atoms with van der Waals surface area (Å²) in [4.78, 5) is 2.35.